The topological polar surface area (TPSA) is 68.8 Å². The van der Waals surface area contributed by atoms with Gasteiger partial charge in [-0.3, -0.25) is 4.79 Å². The minimum atomic E-state index is -0.308. The Morgan fingerprint density at radius 2 is 2.22 bits per heavy atom. The molecule has 1 aromatic carbocycles. The molecule has 1 heterocycles. The molecule has 0 spiro atoms. The Bertz CT molecular complexity index is 501. The van der Waals surface area contributed by atoms with Crippen LogP contribution < -0.4 is 20.1 Å². The van der Waals surface area contributed by atoms with E-state index < -0.39 is 0 Å². The van der Waals surface area contributed by atoms with Crippen LogP contribution >= 0.6 is 12.4 Å². The zero-order chi connectivity index (χ0) is 15.9. The van der Waals surface area contributed by atoms with Gasteiger partial charge in [0.2, 0.25) is 5.91 Å². The molecule has 7 heteroatoms. The summed E-state index contributed by atoms with van der Waals surface area (Å²) in [6, 6.07) is 7.09. The Hall–Kier alpha value is -1.50. The van der Waals surface area contributed by atoms with Crippen molar-refractivity contribution in [1.82, 2.24) is 10.6 Å². The highest BCUT2D eigenvalue weighted by Crippen LogP contribution is 2.19. The zero-order valence-electron chi connectivity index (χ0n) is 13.7. The second-order valence-electron chi connectivity index (χ2n) is 5.36. The summed E-state index contributed by atoms with van der Waals surface area (Å²) in [6.07, 6.45) is -0.265. The first-order valence-corrected chi connectivity index (χ1v) is 7.53. The molecule has 0 bridgehead atoms. The van der Waals surface area contributed by atoms with Crippen LogP contribution in [0.15, 0.2) is 24.3 Å². The fourth-order valence-electron chi connectivity index (χ4n) is 2.33. The molecule has 1 aromatic rings. The lowest BCUT2D eigenvalue weighted by Gasteiger charge is -2.29. The van der Waals surface area contributed by atoms with Gasteiger partial charge in [0.15, 0.2) is 0 Å². The monoisotopic (exact) mass is 344 g/mol. The van der Waals surface area contributed by atoms with Gasteiger partial charge in [0.25, 0.3) is 0 Å². The Balaban J connectivity index is 0.00000264. The minimum Gasteiger partial charge on any atom is -0.497 e. The van der Waals surface area contributed by atoms with E-state index in [0.717, 1.165) is 5.75 Å². The largest absolute Gasteiger partial charge is 0.497 e. The van der Waals surface area contributed by atoms with Crippen molar-refractivity contribution in [3.05, 3.63) is 24.3 Å². The Morgan fingerprint density at radius 1 is 1.48 bits per heavy atom. The summed E-state index contributed by atoms with van der Waals surface area (Å²) in [6.45, 7) is 5.57. The molecule has 1 aliphatic heterocycles. The second kappa shape index (κ2) is 9.60. The third-order valence-electron chi connectivity index (χ3n) is 3.54. The molecule has 1 amide bonds. The Labute approximate surface area is 143 Å². The first kappa shape index (κ1) is 19.5. The van der Waals surface area contributed by atoms with Crippen molar-refractivity contribution in [3.8, 4) is 11.5 Å². The van der Waals surface area contributed by atoms with Gasteiger partial charge in [-0.1, -0.05) is 6.07 Å². The van der Waals surface area contributed by atoms with Crippen LogP contribution in [0, 0.1) is 0 Å². The van der Waals surface area contributed by atoms with Crippen LogP contribution in [0.1, 0.15) is 13.8 Å². The fourth-order valence-corrected chi connectivity index (χ4v) is 2.33. The van der Waals surface area contributed by atoms with E-state index in [0.29, 0.717) is 25.4 Å². The van der Waals surface area contributed by atoms with Crippen molar-refractivity contribution in [3.63, 3.8) is 0 Å². The molecule has 0 aromatic heterocycles. The number of carbonyl (C=O) groups is 1. The van der Waals surface area contributed by atoms with E-state index in [1.54, 1.807) is 7.11 Å². The lowest BCUT2D eigenvalue weighted by atomic mass is 10.1. The van der Waals surface area contributed by atoms with Crippen LogP contribution in [0.4, 0.5) is 0 Å². The third kappa shape index (κ3) is 5.89. The number of morpholine rings is 1. The average Bonchev–Trinajstić information content (AvgIpc) is 2.53. The van der Waals surface area contributed by atoms with Crippen molar-refractivity contribution in [2.24, 2.45) is 0 Å². The number of carbonyl (C=O) groups excluding carboxylic acids is 1. The van der Waals surface area contributed by atoms with Crippen LogP contribution in [0.5, 0.6) is 11.5 Å². The summed E-state index contributed by atoms with van der Waals surface area (Å²) in [4.78, 5) is 12.1. The Kier molecular flexibility index (Phi) is 8.16. The van der Waals surface area contributed by atoms with Gasteiger partial charge in [-0.2, -0.15) is 0 Å². The Morgan fingerprint density at radius 3 is 2.91 bits per heavy atom. The maximum Gasteiger partial charge on any atom is 0.239 e. The molecule has 3 atom stereocenters. The summed E-state index contributed by atoms with van der Waals surface area (Å²) in [5.74, 6) is 1.40. The van der Waals surface area contributed by atoms with Crippen molar-refractivity contribution in [2.75, 3.05) is 26.8 Å². The number of amides is 1. The van der Waals surface area contributed by atoms with Gasteiger partial charge < -0.3 is 24.8 Å². The first-order valence-electron chi connectivity index (χ1n) is 7.53. The van der Waals surface area contributed by atoms with Crippen LogP contribution in [-0.4, -0.2) is 51.0 Å². The molecular weight excluding hydrogens is 320 g/mol. The van der Waals surface area contributed by atoms with Gasteiger partial charge in [0, 0.05) is 12.6 Å². The number of hydrogen-bond acceptors (Lipinski definition) is 5. The molecule has 1 saturated heterocycles. The van der Waals surface area contributed by atoms with Crippen molar-refractivity contribution < 1.29 is 19.0 Å². The van der Waals surface area contributed by atoms with Crippen molar-refractivity contribution in [2.45, 2.75) is 32.1 Å². The van der Waals surface area contributed by atoms with Crippen LogP contribution in [0.3, 0.4) is 0 Å². The van der Waals surface area contributed by atoms with Crippen LogP contribution in [0.25, 0.3) is 0 Å². The third-order valence-corrected chi connectivity index (χ3v) is 3.54. The molecule has 0 aliphatic carbocycles. The van der Waals surface area contributed by atoms with E-state index in [9.17, 15) is 4.79 Å². The number of ether oxygens (including phenoxy) is 3. The maximum absolute atomic E-state index is 12.1. The van der Waals surface area contributed by atoms with Crippen molar-refractivity contribution in [1.29, 1.82) is 0 Å². The lowest BCUT2D eigenvalue weighted by molar-refractivity contribution is -0.129. The molecule has 1 aliphatic rings. The molecule has 0 saturated carbocycles. The van der Waals surface area contributed by atoms with E-state index in [1.807, 2.05) is 38.1 Å². The molecule has 130 valence electrons. The van der Waals surface area contributed by atoms with Crippen molar-refractivity contribution >= 4 is 18.3 Å². The van der Waals surface area contributed by atoms with Gasteiger partial charge >= 0.3 is 0 Å². The quantitative estimate of drug-likeness (QED) is 0.816. The first-order chi connectivity index (χ1) is 10.6. The van der Waals surface area contributed by atoms with Gasteiger partial charge in [-0.15, -0.1) is 12.4 Å². The van der Waals surface area contributed by atoms with E-state index in [1.165, 1.54) is 0 Å². The molecule has 0 radical (unpaired) electrons. The van der Waals surface area contributed by atoms with Crippen LogP contribution in [-0.2, 0) is 9.53 Å². The smallest absolute Gasteiger partial charge is 0.239 e. The summed E-state index contributed by atoms with van der Waals surface area (Å²) in [5.41, 5.74) is 0. The predicted molar refractivity (Wildman–Crippen MR) is 90.5 cm³/mol. The molecular formula is C16H25ClN2O4. The standard InChI is InChI=1S/C16H24N2O4.ClH/c1-11(22-14-6-4-5-13(9-14)20-3)10-18-16(19)15-12(2)21-8-7-17-15;/h4-6,9,11-12,15,17H,7-8,10H2,1-3H3,(H,18,19);1H/t11?,12-,15+;/m1./s1. The number of methoxy groups -OCH3 is 1. The fraction of sp³-hybridized carbons (Fsp3) is 0.562. The van der Waals surface area contributed by atoms with Gasteiger partial charge in [0.1, 0.15) is 23.6 Å². The lowest BCUT2D eigenvalue weighted by Crippen LogP contribution is -2.56. The average molecular weight is 345 g/mol. The van der Waals surface area contributed by atoms with E-state index in [-0.39, 0.29) is 36.6 Å². The second-order valence-corrected chi connectivity index (χ2v) is 5.36. The summed E-state index contributed by atoms with van der Waals surface area (Å²) >= 11 is 0. The molecule has 2 rings (SSSR count). The molecule has 23 heavy (non-hydrogen) atoms. The highest BCUT2D eigenvalue weighted by molar-refractivity contribution is 5.85. The number of hydrogen-bond donors (Lipinski definition) is 2. The van der Waals surface area contributed by atoms with Gasteiger partial charge in [-0.05, 0) is 26.0 Å². The predicted octanol–water partition coefficient (Wildman–Crippen LogP) is 1.38. The maximum atomic E-state index is 12.1. The molecule has 6 nitrogen and oxygen atoms in total. The number of benzene rings is 1. The SMILES string of the molecule is COc1cccc(OC(C)CNC(=O)[C@H]2NCCO[C@@H]2C)c1.Cl. The summed E-state index contributed by atoms with van der Waals surface area (Å²) in [7, 11) is 1.61. The highest BCUT2D eigenvalue weighted by atomic mass is 35.5. The number of rotatable bonds is 6. The summed E-state index contributed by atoms with van der Waals surface area (Å²) < 4.78 is 16.4. The summed E-state index contributed by atoms with van der Waals surface area (Å²) in [5, 5.41) is 6.06. The van der Waals surface area contributed by atoms with E-state index in [2.05, 4.69) is 10.6 Å². The number of halogens is 1. The molecule has 1 fully saturated rings. The van der Waals surface area contributed by atoms with Crippen LogP contribution in [0.2, 0.25) is 0 Å². The van der Waals surface area contributed by atoms with Gasteiger partial charge in [-0.25, -0.2) is 0 Å². The molecule has 2 N–H and O–H groups in total. The molecule has 1 unspecified atom stereocenters. The van der Waals surface area contributed by atoms with E-state index in [4.69, 9.17) is 14.2 Å². The van der Waals surface area contributed by atoms with Gasteiger partial charge in [0.05, 0.1) is 26.4 Å². The minimum absolute atomic E-state index is 0. The number of nitrogens with one attached hydrogen (secondary N) is 2. The zero-order valence-corrected chi connectivity index (χ0v) is 14.5. The normalized spacial score (nSPS) is 21.7. The van der Waals surface area contributed by atoms with E-state index >= 15 is 0 Å². The highest BCUT2D eigenvalue weighted by Gasteiger charge is 2.28.